The van der Waals surface area contributed by atoms with Crippen LogP contribution in [0.3, 0.4) is 0 Å². The highest BCUT2D eigenvalue weighted by Crippen LogP contribution is 2.22. The number of hydrogen-bond acceptors (Lipinski definition) is 2. The van der Waals surface area contributed by atoms with Gasteiger partial charge >= 0.3 is 0 Å². The molecule has 1 aliphatic rings. The van der Waals surface area contributed by atoms with Crippen molar-refractivity contribution in [1.29, 1.82) is 0 Å². The van der Waals surface area contributed by atoms with E-state index in [0.717, 1.165) is 12.5 Å². The molecule has 0 aliphatic carbocycles. The lowest BCUT2D eigenvalue weighted by Crippen LogP contribution is -2.33. The minimum absolute atomic E-state index is 0.116. The maximum Gasteiger partial charge on any atom is 0.260 e. The number of amides is 1. The molecule has 23 heavy (non-hydrogen) atoms. The van der Waals surface area contributed by atoms with Crippen LogP contribution < -0.4 is 5.56 Å². The number of carbonyl (C=O) groups is 1. The van der Waals surface area contributed by atoms with Crippen LogP contribution in [-0.2, 0) is 6.42 Å². The zero-order valence-electron chi connectivity index (χ0n) is 12.4. The van der Waals surface area contributed by atoms with Crippen molar-refractivity contribution in [2.75, 3.05) is 13.1 Å². The Balaban J connectivity index is 1.68. The summed E-state index contributed by atoms with van der Waals surface area (Å²) < 4.78 is 26.5. The van der Waals surface area contributed by atoms with Gasteiger partial charge in [0.25, 0.3) is 11.5 Å². The van der Waals surface area contributed by atoms with Gasteiger partial charge in [-0.05, 0) is 48.6 Å². The first-order chi connectivity index (χ1) is 11.0. The molecule has 4 nitrogen and oxygen atoms in total. The second-order valence-electron chi connectivity index (χ2n) is 5.80. The Morgan fingerprint density at radius 3 is 2.70 bits per heavy atom. The molecule has 6 heteroatoms. The molecule has 1 aromatic heterocycles. The average Bonchev–Trinajstić information content (AvgIpc) is 2.94. The van der Waals surface area contributed by atoms with E-state index in [0.29, 0.717) is 25.1 Å². The quantitative estimate of drug-likeness (QED) is 0.944. The van der Waals surface area contributed by atoms with Gasteiger partial charge in [0.15, 0.2) is 0 Å². The summed E-state index contributed by atoms with van der Waals surface area (Å²) >= 11 is 0. The Kier molecular flexibility index (Phi) is 4.23. The first kappa shape index (κ1) is 15.4. The summed E-state index contributed by atoms with van der Waals surface area (Å²) in [4.78, 5) is 28.1. The predicted octanol–water partition coefficient (Wildman–Crippen LogP) is 2.36. The number of aromatic nitrogens is 1. The molecule has 0 spiro atoms. The second kappa shape index (κ2) is 6.32. The number of likely N-dealkylation sites (tertiary alicyclic amines) is 1. The van der Waals surface area contributed by atoms with Crippen LogP contribution in [0.25, 0.3) is 0 Å². The van der Waals surface area contributed by atoms with Crippen LogP contribution in [0.1, 0.15) is 22.3 Å². The van der Waals surface area contributed by atoms with E-state index in [1.54, 1.807) is 11.0 Å². The smallest absolute Gasteiger partial charge is 0.260 e. The Labute approximate surface area is 131 Å². The molecule has 120 valence electrons. The maximum absolute atomic E-state index is 13.2. The van der Waals surface area contributed by atoms with E-state index in [2.05, 4.69) is 4.98 Å². The minimum atomic E-state index is -0.596. The van der Waals surface area contributed by atoms with Gasteiger partial charge in [-0.25, -0.2) is 8.78 Å². The largest absolute Gasteiger partial charge is 0.338 e. The summed E-state index contributed by atoms with van der Waals surface area (Å²) in [6.45, 7) is 1.01. The molecule has 1 N–H and O–H groups in total. The number of halogens is 2. The van der Waals surface area contributed by atoms with Gasteiger partial charge in [0.1, 0.15) is 17.2 Å². The van der Waals surface area contributed by atoms with E-state index in [-0.39, 0.29) is 17.4 Å². The lowest BCUT2D eigenvalue weighted by Gasteiger charge is -2.16. The van der Waals surface area contributed by atoms with E-state index < -0.39 is 17.2 Å². The lowest BCUT2D eigenvalue weighted by atomic mass is 9.98. The third-order valence-electron chi connectivity index (χ3n) is 4.07. The highest BCUT2D eigenvalue weighted by molar-refractivity contribution is 5.93. The van der Waals surface area contributed by atoms with Crippen LogP contribution in [0.4, 0.5) is 8.78 Å². The standard InChI is InChI=1S/C17H16F2N2O2/c18-13-7-12(8-14(19)9-13)6-11-3-5-21(10-11)17(23)15-2-1-4-20-16(15)22/h1-2,4,7-9,11H,3,5-6,10H2,(H,20,22). The number of carbonyl (C=O) groups excluding carboxylic acids is 1. The minimum Gasteiger partial charge on any atom is -0.338 e. The van der Waals surface area contributed by atoms with Crippen molar-refractivity contribution in [3.8, 4) is 0 Å². The number of nitrogens with one attached hydrogen (secondary N) is 1. The van der Waals surface area contributed by atoms with Gasteiger partial charge in [-0.2, -0.15) is 0 Å². The molecule has 2 aromatic rings. The Morgan fingerprint density at radius 1 is 1.26 bits per heavy atom. The molecule has 1 fully saturated rings. The molecule has 1 aromatic carbocycles. The third kappa shape index (κ3) is 3.47. The van der Waals surface area contributed by atoms with Gasteiger partial charge in [-0.15, -0.1) is 0 Å². The van der Waals surface area contributed by atoms with Crippen LogP contribution in [0.5, 0.6) is 0 Å². The fourth-order valence-electron chi connectivity index (χ4n) is 3.01. The monoisotopic (exact) mass is 318 g/mol. The van der Waals surface area contributed by atoms with Crippen molar-refractivity contribution in [2.24, 2.45) is 5.92 Å². The van der Waals surface area contributed by atoms with E-state index in [4.69, 9.17) is 0 Å². The number of aromatic amines is 1. The zero-order valence-corrected chi connectivity index (χ0v) is 12.4. The molecular formula is C17H16F2N2O2. The number of pyridine rings is 1. The van der Waals surface area contributed by atoms with Crippen LogP contribution in [0.2, 0.25) is 0 Å². The molecule has 1 amide bonds. The molecule has 0 bridgehead atoms. The number of benzene rings is 1. The highest BCUT2D eigenvalue weighted by atomic mass is 19.1. The number of H-pyrrole nitrogens is 1. The second-order valence-corrected chi connectivity index (χ2v) is 5.80. The SMILES string of the molecule is O=C(c1ccc[nH]c1=O)N1CCC(Cc2cc(F)cc(F)c2)C1. The van der Waals surface area contributed by atoms with E-state index in [1.165, 1.54) is 24.4 Å². The molecule has 1 unspecified atom stereocenters. The van der Waals surface area contributed by atoms with Crippen LogP contribution in [0, 0.1) is 17.6 Å². The van der Waals surface area contributed by atoms with Crippen molar-refractivity contribution in [3.63, 3.8) is 0 Å². The summed E-state index contributed by atoms with van der Waals surface area (Å²) in [5.74, 6) is -1.37. The van der Waals surface area contributed by atoms with Crippen molar-refractivity contribution < 1.29 is 13.6 Å². The van der Waals surface area contributed by atoms with Gasteiger partial charge in [0, 0.05) is 25.4 Å². The Bertz CT molecular complexity index is 768. The third-order valence-corrected chi connectivity index (χ3v) is 4.07. The molecule has 2 heterocycles. The number of nitrogens with zero attached hydrogens (tertiary/aromatic N) is 1. The van der Waals surface area contributed by atoms with Crippen LogP contribution in [0.15, 0.2) is 41.3 Å². The molecule has 1 aliphatic heterocycles. The normalized spacial score (nSPS) is 17.5. The van der Waals surface area contributed by atoms with Crippen molar-refractivity contribution in [3.05, 3.63) is 69.6 Å². The van der Waals surface area contributed by atoms with Gasteiger partial charge in [0.2, 0.25) is 0 Å². The van der Waals surface area contributed by atoms with Gasteiger partial charge in [-0.3, -0.25) is 9.59 Å². The van der Waals surface area contributed by atoms with Crippen molar-refractivity contribution >= 4 is 5.91 Å². The molecular weight excluding hydrogens is 302 g/mol. The lowest BCUT2D eigenvalue weighted by molar-refractivity contribution is 0.0785. The zero-order chi connectivity index (χ0) is 16.4. The van der Waals surface area contributed by atoms with Gasteiger partial charge in [-0.1, -0.05) is 0 Å². The van der Waals surface area contributed by atoms with E-state index >= 15 is 0 Å². The molecule has 0 radical (unpaired) electrons. The molecule has 0 saturated carbocycles. The van der Waals surface area contributed by atoms with Crippen LogP contribution >= 0.6 is 0 Å². The number of rotatable bonds is 3. The summed E-state index contributed by atoms with van der Waals surface area (Å²) in [6.07, 6.45) is 2.72. The first-order valence-electron chi connectivity index (χ1n) is 7.45. The van der Waals surface area contributed by atoms with Crippen molar-refractivity contribution in [2.45, 2.75) is 12.8 Å². The van der Waals surface area contributed by atoms with Gasteiger partial charge in [0.05, 0.1) is 0 Å². The average molecular weight is 318 g/mol. The Hall–Kier alpha value is -2.50. The summed E-state index contributed by atoms with van der Waals surface area (Å²) in [6, 6.07) is 6.58. The van der Waals surface area contributed by atoms with Crippen molar-refractivity contribution in [1.82, 2.24) is 9.88 Å². The highest BCUT2D eigenvalue weighted by Gasteiger charge is 2.28. The summed E-state index contributed by atoms with van der Waals surface area (Å²) in [5, 5.41) is 0. The topological polar surface area (TPSA) is 53.2 Å². The maximum atomic E-state index is 13.2. The molecule has 1 atom stereocenters. The summed E-state index contributed by atoms with van der Waals surface area (Å²) in [5.41, 5.74) is 0.289. The first-order valence-corrected chi connectivity index (χ1v) is 7.45. The van der Waals surface area contributed by atoms with E-state index in [9.17, 15) is 18.4 Å². The fraction of sp³-hybridized carbons (Fsp3) is 0.294. The molecule has 1 saturated heterocycles. The molecule has 3 rings (SSSR count). The number of hydrogen-bond donors (Lipinski definition) is 1. The van der Waals surface area contributed by atoms with Gasteiger partial charge < -0.3 is 9.88 Å². The van der Waals surface area contributed by atoms with Crippen LogP contribution in [-0.4, -0.2) is 28.9 Å². The summed E-state index contributed by atoms with van der Waals surface area (Å²) in [7, 11) is 0. The Morgan fingerprint density at radius 2 is 2.00 bits per heavy atom. The predicted molar refractivity (Wildman–Crippen MR) is 81.1 cm³/mol. The fourth-order valence-corrected chi connectivity index (χ4v) is 3.01. The van der Waals surface area contributed by atoms with E-state index in [1.807, 2.05) is 0 Å².